The highest BCUT2D eigenvalue weighted by Gasteiger charge is 2.27. The van der Waals surface area contributed by atoms with Gasteiger partial charge in [-0.3, -0.25) is 13.8 Å². The zero-order valence-electron chi connectivity index (χ0n) is 39.7. The minimum Gasteiger partial charge on any atom is -0.387 e. The van der Waals surface area contributed by atoms with E-state index in [1.807, 2.05) is 27.2 Å². The van der Waals surface area contributed by atoms with Crippen LogP contribution in [-0.2, 0) is 18.4 Å². The van der Waals surface area contributed by atoms with Gasteiger partial charge in [0.05, 0.1) is 39.9 Å². The van der Waals surface area contributed by atoms with E-state index in [0.717, 1.165) is 64.2 Å². The molecule has 60 heavy (non-hydrogen) atoms. The lowest BCUT2D eigenvalue weighted by Crippen LogP contribution is -2.45. The zero-order chi connectivity index (χ0) is 44.3. The fourth-order valence-corrected chi connectivity index (χ4v) is 7.49. The van der Waals surface area contributed by atoms with Crippen LogP contribution in [0.5, 0.6) is 0 Å². The molecule has 0 heterocycles. The highest BCUT2D eigenvalue weighted by Crippen LogP contribution is 2.43. The molecule has 0 radical (unpaired) electrons. The van der Waals surface area contributed by atoms with E-state index in [9.17, 15) is 19.4 Å². The minimum absolute atomic E-state index is 0.0498. The number of nitrogens with zero attached hydrogens (tertiary/aromatic N) is 1. The average molecular weight is 864 g/mol. The fraction of sp³-hybridized carbons (Fsp3) is 0.784. The Kier molecular flexibility index (Phi) is 41.2. The number of phosphoric acid groups is 1. The third-order valence-corrected chi connectivity index (χ3v) is 11.7. The molecule has 0 saturated heterocycles. The quantitative estimate of drug-likeness (QED) is 0.0244. The molecule has 9 heteroatoms. The van der Waals surface area contributed by atoms with E-state index in [4.69, 9.17) is 9.05 Å². The van der Waals surface area contributed by atoms with Gasteiger partial charge < -0.3 is 19.8 Å². The number of hydrogen-bond donors (Lipinski definition) is 3. The van der Waals surface area contributed by atoms with Gasteiger partial charge in [-0.15, -0.1) is 0 Å². The van der Waals surface area contributed by atoms with E-state index in [0.29, 0.717) is 17.4 Å². The standard InChI is InChI=1S/C51H95N2O6P/c1-6-8-10-12-14-16-18-20-22-24-25-26-27-29-30-32-34-36-38-40-42-44-50(54)49(48-59-60(56,57)58-47-46-53(3,4)5)52-51(55)45-43-41-39-37-35-33-31-28-23-21-19-17-15-13-11-9-7-2/h15,17,21,23,27,29,34,36,42,44,49-50,54H,6-14,16,18-20,22,24-26,28,30-33,35,37-41,43,45-48H2,1-5H3,(H-,52,55,56,57)/p+1/b17-15-,23-21-,29-27+,36-34+,44-42+. The summed E-state index contributed by atoms with van der Waals surface area (Å²) in [6.45, 7) is 4.75. The van der Waals surface area contributed by atoms with Crippen LogP contribution in [0, 0.1) is 0 Å². The molecule has 8 nitrogen and oxygen atoms in total. The normalized spacial score (nSPS) is 14.7. The number of rotatable bonds is 44. The second-order valence-corrected chi connectivity index (χ2v) is 19.3. The number of nitrogens with one attached hydrogen (secondary N) is 1. The van der Waals surface area contributed by atoms with Crippen LogP contribution < -0.4 is 5.32 Å². The molecular formula is C51H96N2O6P+. The van der Waals surface area contributed by atoms with E-state index in [1.54, 1.807) is 6.08 Å². The SMILES string of the molecule is CCCCC/C=C\C/C=C\CCCCCCCCCC(=O)NC(COP(=O)(O)OCC[N+](C)(C)C)C(O)/C=C/CC/C=C/CC/C=C/CCCCCCCCCCCCC. The monoisotopic (exact) mass is 864 g/mol. The first kappa shape index (κ1) is 58.2. The van der Waals surface area contributed by atoms with Gasteiger partial charge in [0.1, 0.15) is 13.2 Å². The maximum absolute atomic E-state index is 12.9. The highest BCUT2D eigenvalue weighted by molar-refractivity contribution is 7.47. The number of allylic oxidation sites excluding steroid dienone is 9. The van der Waals surface area contributed by atoms with Crippen molar-refractivity contribution in [1.82, 2.24) is 5.32 Å². The number of carbonyl (C=O) groups excluding carboxylic acids is 1. The second kappa shape index (κ2) is 42.5. The smallest absolute Gasteiger partial charge is 0.387 e. The van der Waals surface area contributed by atoms with Crippen LogP contribution in [-0.4, -0.2) is 73.4 Å². The number of likely N-dealkylation sites (N-methyl/N-ethyl adjacent to an activating group) is 1. The summed E-state index contributed by atoms with van der Waals surface area (Å²) in [5.41, 5.74) is 0. The van der Waals surface area contributed by atoms with Gasteiger partial charge in [-0.05, 0) is 77.0 Å². The lowest BCUT2D eigenvalue weighted by atomic mass is 10.1. The van der Waals surface area contributed by atoms with Gasteiger partial charge in [-0.2, -0.15) is 0 Å². The van der Waals surface area contributed by atoms with E-state index in [2.05, 4.69) is 67.8 Å². The van der Waals surface area contributed by atoms with E-state index < -0.39 is 20.0 Å². The van der Waals surface area contributed by atoms with Crippen LogP contribution in [0.3, 0.4) is 0 Å². The molecule has 0 aromatic heterocycles. The molecule has 0 aliphatic rings. The number of aliphatic hydroxyl groups excluding tert-OH is 1. The molecule has 0 spiro atoms. The Balaban J connectivity index is 4.45. The molecule has 0 aliphatic heterocycles. The molecule has 0 rings (SSSR count). The van der Waals surface area contributed by atoms with Crippen LogP contribution in [0.2, 0.25) is 0 Å². The maximum Gasteiger partial charge on any atom is 0.472 e. The molecule has 0 saturated carbocycles. The number of aliphatic hydroxyl groups is 1. The van der Waals surface area contributed by atoms with E-state index >= 15 is 0 Å². The molecule has 0 aliphatic carbocycles. The molecule has 3 unspecified atom stereocenters. The molecule has 3 N–H and O–H groups in total. The summed E-state index contributed by atoms with van der Waals surface area (Å²) in [6.07, 6.45) is 55.8. The van der Waals surface area contributed by atoms with Crippen molar-refractivity contribution in [3.8, 4) is 0 Å². The molecule has 350 valence electrons. The molecule has 1 amide bonds. The van der Waals surface area contributed by atoms with Gasteiger partial charge in [0, 0.05) is 6.42 Å². The van der Waals surface area contributed by atoms with Crippen molar-refractivity contribution in [2.75, 3.05) is 40.9 Å². The van der Waals surface area contributed by atoms with Crippen molar-refractivity contribution in [2.24, 2.45) is 0 Å². The van der Waals surface area contributed by atoms with Gasteiger partial charge in [0.2, 0.25) is 5.91 Å². The van der Waals surface area contributed by atoms with Crippen LogP contribution in [0.1, 0.15) is 206 Å². The van der Waals surface area contributed by atoms with Gasteiger partial charge in [-0.25, -0.2) is 4.57 Å². The number of carbonyl (C=O) groups is 1. The van der Waals surface area contributed by atoms with Gasteiger partial charge in [0.25, 0.3) is 0 Å². The summed E-state index contributed by atoms with van der Waals surface area (Å²) < 4.78 is 23.6. The van der Waals surface area contributed by atoms with Crippen LogP contribution in [0.25, 0.3) is 0 Å². The van der Waals surface area contributed by atoms with Gasteiger partial charge >= 0.3 is 7.82 Å². The lowest BCUT2D eigenvalue weighted by Gasteiger charge is -2.25. The Morgan fingerprint density at radius 3 is 1.47 bits per heavy atom. The largest absolute Gasteiger partial charge is 0.472 e. The topological polar surface area (TPSA) is 105 Å². The number of amides is 1. The molecule has 0 aromatic carbocycles. The first-order valence-electron chi connectivity index (χ1n) is 24.7. The van der Waals surface area contributed by atoms with Gasteiger partial charge in [0.15, 0.2) is 0 Å². The summed E-state index contributed by atoms with van der Waals surface area (Å²) in [4.78, 5) is 23.2. The molecular weight excluding hydrogens is 768 g/mol. The second-order valence-electron chi connectivity index (χ2n) is 17.8. The Bertz CT molecular complexity index is 1160. The van der Waals surface area contributed by atoms with Crippen LogP contribution in [0.4, 0.5) is 0 Å². The van der Waals surface area contributed by atoms with Crippen molar-refractivity contribution in [1.29, 1.82) is 0 Å². The Hall–Kier alpha value is -1.80. The summed E-state index contributed by atoms with van der Waals surface area (Å²) in [7, 11) is 1.53. The van der Waals surface area contributed by atoms with Crippen LogP contribution in [0.15, 0.2) is 60.8 Å². The summed E-state index contributed by atoms with van der Waals surface area (Å²) >= 11 is 0. The third-order valence-electron chi connectivity index (χ3n) is 10.7. The van der Waals surface area contributed by atoms with Crippen molar-refractivity contribution in [2.45, 2.75) is 219 Å². The number of quaternary nitrogens is 1. The highest BCUT2D eigenvalue weighted by atomic mass is 31.2. The van der Waals surface area contributed by atoms with Crippen molar-refractivity contribution in [3.05, 3.63) is 60.8 Å². The Morgan fingerprint density at radius 2 is 0.967 bits per heavy atom. The molecule has 0 bridgehead atoms. The Morgan fingerprint density at radius 1 is 0.567 bits per heavy atom. The zero-order valence-corrected chi connectivity index (χ0v) is 40.6. The predicted molar refractivity (Wildman–Crippen MR) is 258 cm³/mol. The van der Waals surface area contributed by atoms with Crippen molar-refractivity contribution in [3.63, 3.8) is 0 Å². The third kappa shape index (κ3) is 44.3. The first-order chi connectivity index (χ1) is 29.0. The fourth-order valence-electron chi connectivity index (χ4n) is 6.75. The van der Waals surface area contributed by atoms with E-state index in [-0.39, 0.29) is 19.1 Å². The summed E-state index contributed by atoms with van der Waals surface area (Å²) in [5.74, 6) is -0.201. The first-order valence-corrected chi connectivity index (χ1v) is 26.2. The van der Waals surface area contributed by atoms with Crippen molar-refractivity contribution >= 4 is 13.7 Å². The summed E-state index contributed by atoms with van der Waals surface area (Å²) in [5, 5.41) is 13.8. The predicted octanol–water partition coefficient (Wildman–Crippen LogP) is 14.2. The summed E-state index contributed by atoms with van der Waals surface area (Å²) in [6, 6.07) is -0.875. The minimum atomic E-state index is -4.36. The number of hydrogen-bond acceptors (Lipinski definition) is 5. The van der Waals surface area contributed by atoms with Crippen molar-refractivity contribution < 1.29 is 32.9 Å². The number of unbranched alkanes of at least 4 members (excludes halogenated alkanes) is 23. The Labute approximate surface area is 371 Å². The van der Waals surface area contributed by atoms with E-state index in [1.165, 1.54) is 122 Å². The van der Waals surface area contributed by atoms with Crippen LogP contribution >= 0.6 is 7.82 Å². The average Bonchev–Trinajstić information content (AvgIpc) is 3.20. The molecule has 0 aromatic rings. The lowest BCUT2D eigenvalue weighted by molar-refractivity contribution is -0.870. The molecule has 3 atom stereocenters. The maximum atomic E-state index is 12.9. The van der Waals surface area contributed by atoms with Gasteiger partial charge in [-0.1, -0.05) is 184 Å². The number of phosphoric ester groups is 1. The molecule has 0 fully saturated rings.